The molecule has 0 aromatic carbocycles. The SMILES string of the molecule is CN1CCC(CN(C)C(=O)CC(N)=NO)CC1. The van der Waals surface area contributed by atoms with Gasteiger partial charge in [-0.15, -0.1) is 0 Å². The Labute approximate surface area is 102 Å². The lowest BCUT2D eigenvalue weighted by Gasteiger charge is -2.31. The van der Waals surface area contributed by atoms with Crippen LogP contribution in [0.3, 0.4) is 0 Å². The number of likely N-dealkylation sites (tertiary alicyclic amines) is 1. The first-order chi connectivity index (χ1) is 8.02. The van der Waals surface area contributed by atoms with Crippen LogP contribution in [0, 0.1) is 5.92 Å². The van der Waals surface area contributed by atoms with Crippen LogP contribution in [0.5, 0.6) is 0 Å². The lowest BCUT2D eigenvalue weighted by atomic mass is 9.96. The van der Waals surface area contributed by atoms with Gasteiger partial charge in [0.2, 0.25) is 5.91 Å². The predicted molar refractivity (Wildman–Crippen MR) is 65.9 cm³/mol. The molecule has 1 fully saturated rings. The van der Waals surface area contributed by atoms with E-state index in [1.807, 2.05) is 0 Å². The van der Waals surface area contributed by atoms with E-state index in [4.69, 9.17) is 10.9 Å². The molecule has 1 heterocycles. The molecule has 1 aliphatic heterocycles. The fourth-order valence-corrected chi connectivity index (χ4v) is 2.06. The third-order valence-corrected chi connectivity index (χ3v) is 3.26. The topological polar surface area (TPSA) is 82.2 Å². The van der Waals surface area contributed by atoms with Gasteiger partial charge >= 0.3 is 0 Å². The standard InChI is InChI=1S/C11H22N4O2/c1-14-5-3-9(4-6-14)8-15(2)11(16)7-10(12)13-17/h9,17H,3-8H2,1-2H3,(H2,12,13). The van der Waals surface area contributed by atoms with E-state index in [1.165, 1.54) is 0 Å². The molecule has 0 bridgehead atoms. The number of carbonyl (C=O) groups is 1. The van der Waals surface area contributed by atoms with E-state index in [-0.39, 0.29) is 18.2 Å². The van der Waals surface area contributed by atoms with Crippen LogP contribution >= 0.6 is 0 Å². The van der Waals surface area contributed by atoms with E-state index >= 15 is 0 Å². The quantitative estimate of drug-likeness (QED) is 0.313. The van der Waals surface area contributed by atoms with Gasteiger partial charge in [0.1, 0.15) is 5.84 Å². The number of hydrogen-bond acceptors (Lipinski definition) is 4. The maximum atomic E-state index is 11.7. The highest BCUT2D eigenvalue weighted by Crippen LogP contribution is 2.16. The molecule has 0 radical (unpaired) electrons. The summed E-state index contributed by atoms with van der Waals surface area (Å²) in [6.07, 6.45) is 2.23. The number of nitrogens with zero attached hydrogens (tertiary/aromatic N) is 3. The number of piperidine rings is 1. The van der Waals surface area contributed by atoms with E-state index in [1.54, 1.807) is 11.9 Å². The summed E-state index contributed by atoms with van der Waals surface area (Å²) >= 11 is 0. The summed E-state index contributed by atoms with van der Waals surface area (Å²) in [6.45, 7) is 2.94. The number of oxime groups is 1. The van der Waals surface area contributed by atoms with Gasteiger partial charge in [-0.1, -0.05) is 5.16 Å². The predicted octanol–water partition coefficient (Wildman–Crippen LogP) is -0.0769. The Hall–Kier alpha value is -1.30. The maximum Gasteiger partial charge on any atom is 0.230 e. The van der Waals surface area contributed by atoms with E-state index in [0.717, 1.165) is 32.5 Å². The van der Waals surface area contributed by atoms with E-state index in [9.17, 15) is 4.79 Å². The van der Waals surface area contributed by atoms with E-state index in [2.05, 4.69) is 17.1 Å². The van der Waals surface area contributed by atoms with Gasteiger partial charge in [0.15, 0.2) is 0 Å². The zero-order valence-electron chi connectivity index (χ0n) is 10.6. The number of rotatable bonds is 4. The normalized spacial score (nSPS) is 19.3. The van der Waals surface area contributed by atoms with Crippen LogP contribution in [0.15, 0.2) is 5.16 Å². The number of carbonyl (C=O) groups excluding carboxylic acids is 1. The third-order valence-electron chi connectivity index (χ3n) is 3.26. The zero-order chi connectivity index (χ0) is 12.8. The molecule has 0 aromatic rings. The van der Waals surface area contributed by atoms with Crippen molar-refractivity contribution in [3.8, 4) is 0 Å². The first-order valence-electron chi connectivity index (χ1n) is 5.91. The fourth-order valence-electron chi connectivity index (χ4n) is 2.06. The first-order valence-corrected chi connectivity index (χ1v) is 5.91. The minimum atomic E-state index is -0.0979. The van der Waals surface area contributed by atoms with Crippen molar-refractivity contribution in [1.29, 1.82) is 0 Å². The summed E-state index contributed by atoms with van der Waals surface area (Å²) in [6, 6.07) is 0. The van der Waals surface area contributed by atoms with Crippen molar-refractivity contribution in [3.05, 3.63) is 0 Å². The molecule has 0 aliphatic carbocycles. The molecule has 1 saturated heterocycles. The summed E-state index contributed by atoms with van der Waals surface area (Å²) < 4.78 is 0. The van der Waals surface area contributed by atoms with E-state index in [0.29, 0.717) is 5.92 Å². The smallest absolute Gasteiger partial charge is 0.230 e. The number of amidine groups is 1. The van der Waals surface area contributed by atoms with Crippen LogP contribution in [-0.2, 0) is 4.79 Å². The Kier molecular flexibility index (Phi) is 5.21. The van der Waals surface area contributed by atoms with Crippen molar-refractivity contribution in [2.75, 3.05) is 33.7 Å². The minimum Gasteiger partial charge on any atom is -0.409 e. The summed E-state index contributed by atoms with van der Waals surface area (Å²) in [5, 5.41) is 11.2. The minimum absolute atomic E-state index is 0.0143. The number of hydrogen-bond donors (Lipinski definition) is 2. The van der Waals surface area contributed by atoms with Crippen molar-refractivity contribution in [2.45, 2.75) is 19.3 Å². The summed E-state index contributed by atoms with van der Waals surface area (Å²) in [7, 11) is 3.88. The molecule has 1 aliphatic rings. The lowest BCUT2D eigenvalue weighted by molar-refractivity contribution is -0.129. The molecule has 0 spiro atoms. The summed E-state index contributed by atoms with van der Waals surface area (Å²) in [5.74, 6) is 0.428. The third kappa shape index (κ3) is 4.60. The summed E-state index contributed by atoms with van der Waals surface area (Å²) in [5.41, 5.74) is 5.31. The molecule has 0 aromatic heterocycles. The van der Waals surface area contributed by atoms with Gasteiger partial charge < -0.3 is 20.7 Å². The summed E-state index contributed by atoms with van der Waals surface area (Å²) in [4.78, 5) is 15.7. The van der Waals surface area contributed by atoms with Crippen LogP contribution in [-0.4, -0.2) is 60.5 Å². The zero-order valence-corrected chi connectivity index (χ0v) is 10.6. The second-order valence-electron chi connectivity index (χ2n) is 4.79. The van der Waals surface area contributed by atoms with Crippen molar-refractivity contribution < 1.29 is 10.0 Å². The van der Waals surface area contributed by atoms with Crippen LogP contribution in [0.4, 0.5) is 0 Å². The molecular weight excluding hydrogens is 220 g/mol. The molecule has 1 rings (SSSR count). The molecule has 0 unspecified atom stereocenters. The van der Waals surface area contributed by atoms with Crippen molar-refractivity contribution in [3.63, 3.8) is 0 Å². The Balaban J connectivity index is 2.33. The monoisotopic (exact) mass is 242 g/mol. The second-order valence-corrected chi connectivity index (χ2v) is 4.79. The molecule has 0 saturated carbocycles. The number of nitrogens with two attached hydrogens (primary N) is 1. The highest BCUT2D eigenvalue weighted by atomic mass is 16.4. The lowest BCUT2D eigenvalue weighted by Crippen LogP contribution is -2.39. The van der Waals surface area contributed by atoms with Crippen molar-refractivity contribution in [1.82, 2.24) is 9.80 Å². The maximum absolute atomic E-state index is 11.7. The highest BCUT2D eigenvalue weighted by molar-refractivity contribution is 5.98. The van der Waals surface area contributed by atoms with E-state index < -0.39 is 0 Å². The molecule has 1 amide bonds. The highest BCUT2D eigenvalue weighted by Gasteiger charge is 2.20. The number of amides is 1. The van der Waals surface area contributed by atoms with Gasteiger partial charge in [-0.2, -0.15) is 0 Å². The first kappa shape index (κ1) is 13.8. The molecule has 0 atom stereocenters. The Morgan fingerprint density at radius 2 is 2.12 bits per heavy atom. The molecule has 6 heteroatoms. The van der Waals surface area contributed by atoms with Crippen LogP contribution < -0.4 is 5.73 Å². The molecule has 3 N–H and O–H groups in total. The van der Waals surface area contributed by atoms with Crippen molar-refractivity contribution in [2.24, 2.45) is 16.8 Å². The van der Waals surface area contributed by atoms with Gasteiger partial charge in [0, 0.05) is 13.6 Å². The molecule has 6 nitrogen and oxygen atoms in total. The molecular formula is C11H22N4O2. The van der Waals surface area contributed by atoms with Gasteiger partial charge in [-0.3, -0.25) is 4.79 Å². The van der Waals surface area contributed by atoms with Gasteiger partial charge in [0.05, 0.1) is 6.42 Å². The van der Waals surface area contributed by atoms with Crippen LogP contribution in [0.1, 0.15) is 19.3 Å². The van der Waals surface area contributed by atoms with Gasteiger partial charge in [0.25, 0.3) is 0 Å². The average Bonchev–Trinajstić information content (AvgIpc) is 2.31. The Morgan fingerprint density at radius 3 is 2.65 bits per heavy atom. The fraction of sp³-hybridized carbons (Fsp3) is 0.818. The van der Waals surface area contributed by atoms with Gasteiger partial charge in [-0.05, 0) is 38.9 Å². The van der Waals surface area contributed by atoms with Crippen molar-refractivity contribution >= 4 is 11.7 Å². The Morgan fingerprint density at radius 1 is 1.53 bits per heavy atom. The van der Waals surface area contributed by atoms with Crippen LogP contribution in [0.2, 0.25) is 0 Å². The Bertz CT molecular complexity index is 285. The molecule has 17 heavy (non-hydrogen) atoms. The average molecular weight is 242 g/mol. The largest absolute Gasteiger partial charge is 0.409 e. The van der Waals surface area contributed by atoms with Crippen LogP contribution in [0.25, 0.3) is 0 Å². The molecule has 98 valence electrons. The second kappa shape index (κ2) is 6.44. The van der Waals surface area contributed by atoms with Gasteiger partial charge in [-0.25, -0.2) is 0 Å².